The predicted octanol–water partition coefficient (Wildman–Crippen LogP) is 1.48. The lowest BCUT2D eigenvalue weighted by atomic mass is 9.85. The van der Waals surface area contributed by atoms with Gasteiger partial charge < -0.3 is 21.5 Å². The lowest BCUT2D eigenvalue weighted by molar-refractivity contribution is -0.120. The summed E-state index contributed by atoms with van der Waals surface area (Å²) in [7, 11) is 0. The number of nitrogens with two attached hydrogens (primary N) is 2. The Morgan fingerprint density at radius 3 is 2.70 bits per heavy atom. The van der Waals surface area contributed by atoms with Gasteiger partial charge in [-0.25, -0.2) is 0 Å². The number of ether oxygens (including phenoxy) is 1. The number of anilines is 1. The molecule has 2 rings (SSSR count). The maximum atomic E-state index is 12.2. The number of carbonyl (C=O) groups is 1. The van der Waals surface area contributed by atoms with Crippen LogP contribution in [0.4, 0.5) is 5.69 Å². The van der Waals surface area contributed by atoms with E-state index in [0.717, 1.165) is 37.1 Å². The van der Waals surface area contributed by atoms with E-state index in [2.05, 4.69) is 5.32 Å². The first-order chi connectivity index (χ1) is 9.69. The van der Waals surface area contributed by atoms with Crippen LogP contribution < -0.4 is 21.5 Å². The van der Waals surface area contributed by atoms with Gasteiger partial charge in [-0.1, -0.05) is 6.42 Å². The van der Waals surface area contributed by atoms with E-state index in [-0.39, 0.29) is 17.9 Å². The Balaban J connectivity index is 1.87. The number of amides is 1. The standard InChI is InChI=1S/C15H23N3O2/c16-8-9-20-14-6-4-13(5-7-14)18-15(19)11-2-1-3-12(17)10-11/h4-7,11-12H,1-3,8-10,16-17H2,(H,18,19). The van der Waals surface area contributed by atoms with Gasteiger partial charge in [0.15, 0.2) is 0 Å². The van der Waals surface area contributed by atoms with Crippen LogP contribution in [0.15, 0.2) is 24.3 Å². The van der Waals surface area contributed by atoms with Crippen molar-refractivity contribution in [2.45, 2.75) is 31.7 Å². The Labute approximate surface area is 119 Å². The fourth-order valence-corrected chi connectivity index (χ4v) is 2.52. The molecule has 1 aromatic carbocycles. The molecular weight excluding hydrogens is 254 g/mol. The molecule has 110 valence electrons. The van der Waals surface area contributed by atoms with Crippen LogP contribution in [0.1, 0.15) is 25.7 Å². The molecule has 1 amide bonds. The van der Waals surface area contributed by atoms with Crippen molar-refractivity contribution in [3.05, 3.63) is 24.3 Å². The van der Waals surface area contributed by atoms with Crippen molar-refractivity contribution in [3.8, 4) is 5.75 Å². The zero-order valence-electron chi connectivity index (χ0n) is 11.7. The van der Waals surface area contributed by atoms with E-state index in [0.29, 0.717) is 13.2 Å². The van der Waals surface area contributed by atoms with Crippen molar-refractivity contribution < 1.29 is 9.53 Å². The molecule has 1 aliphatic rings. The fourth-order valence-electron chi connectivity index (χ4n) is 2.52. The third-order valence-corrected chi connectivity index (χ3v) is 3.59. The number of nitrogens with one attached hydrogen (secondary N) is 1. The zero-order chi connectivity index (χ0) is 14.4. The second kappa shape index (κ2) is 7.26. The summed E-state index contributed by atoms with van der Waals surface area (Å²) in [5.41, 5.74) is 12.1. The first-order valence-corrected chi connectivity index (χ1v) is 7.18. The molecule has 5 N–H and O–H groups in total. The third-order valence-electron chi connectivity index (χ3n) is 3.59. The van der Waals surface area contributed by atoms with Crippen LogP contribution in [0.25, 0.3) is 0 Å². The smallest absolute Gasteiger partial charge is 0.227 e. The van der Waals surface area contributed by atoms with Gasteiger partial charge in [-0.15, -0.1) is 0 Å². The summed E-state index contributed by atoms with van der Waals surface area (Å²) in [5, 5.41) is 2.94. The minimum atomic E-state index is 0.0342. The molecular formula is C15H23N3O2. The summed E-state index contributed by atoms with van der Waals surface area (Å²) < 4.78 is 5.39. The van der Waals surface area contributed by atoms with Crippen LogP contribution in [-0.2, 0) is 4.79 Å². The Bertz CT molecular complexity index is 433. The van der Waals surface area contributed by atoms with Gasteiger partial charge >= 0.3 is 0 Å². The summed E-state index contributed by atoms with van der Waals surface area (Å²) in [6.07, 6.45) is 3.77. The molecule has 0 aromatic heterocycles. The highest BCUT2D eigenvalue weighted by molar-refractivity contribution is 5.92. The first kappa shape index (κ1) is 14.8. The van der Waals surface area contributed by atoms with E-state index in [9.17, 15) is 4.79 Å². The zero-order valence-corrected chi connectivity index (χ0v) is 11.7. The Hall–Kier alpha value is -1.59. The van der Waals surface area contributed by atoms with Crippen molar-refractivity contribution in [2.24, 2.45) is 17.4 Å². The largest absolute Gasteiger partial charge is 0.492 e. The van der Waals surface area contributed by atoms with E-state index in [4.69, 9.17) is 16.2 Å². The lowest BCUT2D eigenvalue weighted by Gasteiger charge is -2.25. The van der Waals surface area contributed by atoms with E-state index in [1.165, 1.54) is 0 Å². The molecule has 0 bridgehead atoms. The highest BCUT2D eigenvalue weighted by Crippen LogP contribution is 2.25. The topological polar surface area (TPSA) is 90.4 Å². The number of rotatable bonds is 5. The van der Waals surface area contributed by atoms with Gasteiger partial charge in [0.05, 0.1) is 0 Å². The highest BCUT2D eigenvalue weighted by atomic mass is 16.5. The third kappa shape index (κ3) is 4.21. The van der Waals surface area contributed by atoms with Crippen LogP contribution >= 0.6 is 0 Å². The predicted molar refractivity (Wildman–Crippen MR) is 79.6 cm³/mol. The molecule has 0 radical (unpaired) electrons. The SMILES string of the molecule is NCCOc1ccc(NC(=O)C2CCCC(N)C2)cc1. The Kier molecular flexibility index (Phi) is 5.38. The average molecular weight is 277 g/mol. The molecule has 0 aliphatic heterocycles. The summed E-state index contributed by atoms with van der Waals surface area (Å²) in [4.78, 5) is 12.2. The quantitative estimate of drug-likeness (QED) is 0.760. The molecule has 20 heavy (non-hydrogen) atoms. The fraction of sp³-hybridized carbons (Fsp3) is 0.533. The summed E-state index contributed by atoms with van der Waals surface area (Å²) in [6, 6.07) is 7.50. The maximum Gasteiger partial charge on any atom is 0.227 e. The maximum absolute atomic E-state index is 12.2. The van der Waals surface area contributed by atoms with Crippen LogP contribution in [0.2, 0.25) is 0 Å². The van der Waals surface area contributed by atoms with Gasteiger partial charge in [-0.3, -0.25) is 4.79 Å². The van der Waals surface area contributed by atoms with Crippen molar-refractivity contribution in [3.63, 3.8) is 0 Å². The Morgan fingerprint density at radius 2 is 2.05 bits per heavy atom. The minimum absolute atomic E-state index is 0.0342. The second-order valence-corrected chi connectivity index (χ2v) is 5.27. The van der Waals surface area contributed by atoms with Gasteiger partial charge in [0.1, 0.15) is 12.4 Å². The van der Waals surface area contributed by atoms with Crippen LogP contribution in [0.5, 0.6) is 5.75 Å². The van der Waals surface area contributed by atoms with Crippen LogP contribution in [0, 0.1) is 5.92 Å². The van der Waals surface area contributed by atoms with Gasteiger partial charge in [0, 0.05) is 24.2 Å². The molecule has 0 spiro atoms. The summed E-state index contributed by atoms with van der Waals surface area (Å²) >= 11 is 0. The average Bonchev–Trinajstić information content (AvgIpc) is 2.46. The molecule has 1 fully saturated rings. The molecule has 1 saturated carbocycles. The van der Waals surface area contributed by atoms with Crippen LogP contribution in [-0.4, -0.2) is 25.1 Å². The number of carbonyl (C=O) groups excluding carboxylic acids is 1. The normalized spacial score (nSPS) is 22.3. The second-order valence-electron chi connectivity index (χ2n) is 5.27. The highest BCUT2D eigenvalue weighted by Gasteiger charge is 2.25. The van der Waals surface area contributed by atoms with Crippen molar-refractivity contribution in [2.75, 3.05) is 18.5 Å². The van der Waals surface area contributed by atoms with E-state index in [1.54, 1.807) is 0 Å². The van der Waals surface area contributed by atoms with Gasteiger partial charge in [-0.2, -0.15) is 0 Å². The van der Waals surface area contributed by atoms with Crippen molar-refractivity contribution in [1.82, 2.24) is 0 Å². The van der Waals surface area contributed by atoms with Gasteiger partial charge in [0.2, 0.25) is 5.91 Å². The van der Waals surface area contributed by atoms with E-state index in [1.807, 2.05) is 24.3 Å². The van der Waals surface area contributed by atoms with Crippen molar-refractivity contribution >= 4 is 11.6 Å². The molecule has 2 unspecified atom stereocenters. The minimum Gasteiger partial charge on any atom is -0.492 e. The molecule has 0 heterocycles. The summed E-state index contributed by atoms with van der Waals surface area (Å²) in [5.74, 6) is 0.857. The van der Waals surface area contributed by atoms with E-state index < -0.39 is 0 Å². The van der Waals surface area contributed by atoms with Crippen LogP contribution in [0.3, 0.4) is 0 Å². The first-order valence-electron chi connectivity index (χ1n) is 7.18. The molecule has 1 aromatic rings. The molecule has 1 aliphatic carbocycles. The number of hydrogen-bond acceptors (Lipinski definition) is 4. The number of hydrogen-bond donors (Lipinski definition) is 3. The monoisotopic (exact) mass is 277 g/mol. The molecule has 5 heteroatoms. The molecule has 5 nitrogen and oxygen atoms in total. The van der Waals surface area contributed by atoms with Gasteiger partial charge in [0.25, 0.3) is 0 Å². The van der Waals surface area contributed by atoms with Gasteiger partial charge in [-0.05, 0) is 43.5 Å². The Morgan fingerprint density at radius 1 is 1.30 bits per heavy atom. The number of benzene rings is 1. The van der Waals surface area contributed by atoms with Crippen molar-refractivity contribution in [1.29, 1.82) is 0 Å². The lowest BCUT2D eigenvalue weighted by Crippen LogP contribution is -2.34. The molecule has 2 atom stereocenters. The summed E-state index contributed by atoms with van der Waals surface area (Å²) in [6.45, 7) is 0.978. The molecule has 0 saturated heterocycles. The van der Waals surface area contributed by atoms with E-state index >= 15 is 0 Å².